The van der Waals surface area contributed by atoms with E-state index in [0.29, 0.717) is 6.42 Å². The SMILES string of the molecule is O=C1CCC[N]1[Ge][C](Cl)(Cl)CCl. The molecule has 1 saturated heterocycles. The summed E-state index contributed by atoms with van der Waals surface area (Å²) in [4.78, 5) is 11.2. The molecule has 0 aromatic rings. The van der Waals surface area contributed by atoms with Gasteiger partial charge in [0.15, 0.2) is 0 Å². The van der Waals surface area contributed by atoms with Gasteiger partial charge in [0.1, 0.15) is 0 Å². The molecule has 2 radical (unpaired) electrons. The second-order valence-corrected chi connectivity index (χ2v) is 9.07. The van der Waals surface area contributed by atoms with E-state index in [0.717, 1.165) is 13.0 Å². The zero-order valence-corrected chi connectivity index (χ0v) is 10.7. The minimum absolute atomic E-state index is 0.172. The first kappa shape index (κ1) is 11.0. The number of halogens is 3. The molecule has 0 unspecified atom stereocenters. The molecular weight excluding hydrogens is 281 g/mol. The second-order valence-electron chi connectivity index (χ2n) is 2.60. The topological polar surface area (TPSA) is 20.3 Å². The third kappa shape index (κ3) is 2.98. The molecule has 0 aliphatic carbocycles. The predicted molar refractivity (Wildman–Crippen MR) is 51.9 cm³/mol. The van der Waals surface area contributed by atoms with Crippen LogP contribution in [0.15, 0.2) is 0 Å². The zero-order chi connectivity index (χ0) is 9.19. The standard InChI is InChI=1S/C6H8Cl3GeNO/c7-4-6(8,9)10-11-3-1-2-5(11)12/h1-4H2. The Kier molecular flexibility index (Phi) is 4.02. The molecule has 0 aromatic heterocycles. The Morgan fingerprint density at radius 1 is 1.58 bits per heavy atom. The third-order valence-corrected chi connectivity index (χ3v) is 6.45. The summed E-state index contributed by atoms with van der Waals surface area (Å²) in [5.41, 5.74) is 0. The van der Waals surface area contributed by atoms with Crippen LogP contribution >= 0.6 is 34.8 Å². The Morgan fingerprint density at radius 3 is 2.67 bits per heavy atom. The molecule has 0 aromatic carbocycles. The van der Waals surface area contributed by atoms with Crippen LogP contribution in [0, 0.1) is 0 Å². The summed E-state index contributed by atoms with van der Waals surface area (Å²) in [7, 11) is 0. The van der Waals surface area contributed by atoms with Crippen molar-refractivity contribution in [2.24, 2.45) is 0 Å². The molecule has 6 heteroatoms. The average Bonchev–Trinajstić information content (AvgIpc) is 2.36. The number of carbonyl (C=O) groups is 1. The van der Waals surface area contributed by atoms with Crippen LogP contribution in [0.4, 0.5) is 0 Å². The molecule has 12 heavy (non-hydrogen) atoms. The zero-order valence-electron chi connectivity index (χ0n) is 6.32. The maximum absolute atomic E-state index is 11.2. The Balaban J connectivity index is 2.45. The van der Waals surface area contributed by atoms with Crippen molar-refractivity contribution in [2.75, 3.05) is 12.4 Å². The fraction of sp³-hybridized carbons (Fsp3) is 0.833. The molecular formula is C6H8Cl3GeNO. The van der Waals surface area contributed by atoms with Gasteiger partial charge in [0.2, 0.25) is 0 Å². The summed E-state index contributed by atoms with van der Waals surface area (Å²) < 4.78 is 0.907. The maximum atomic E-state index is 11.2. The first-order chi connectivity index (χ1) is 5.55. The number of hydrogen-bond donors (Lipinski definition) is 0. The van der Waals surface area contributed by atoms with Gasteiger partial charge in [-0.25, -0.2) is 0 Å². The first-order valence-electron chi connectivity index (χ1n) is 3.57. The second kappa shape index (κ2) is 4.40. The Morgan fingerprint density at radius 2 is 2.25 bits per heavy atom. The van der Waals surface area contributed by atoms with Crippen LogP contribution in [0.5, 0.6) is 0 Å². The fourth-order valence-corrected chi connectivity index (χ4v) is 4.38. The van der Waals surface area contributed by atoms with E-state index in [1.165, 1.54) is 0 Å². The van der Waals surface area contributed by atoms with Gasteiger partial charge in [-0.15, -0.1) is 0 Å². The molecule has 68 valence electrons. The summed E-state index contributed by atoms with van der Waals surface area (Å²) in [6.45, 7) is 0.802. The first-order valence-corrected chi connectivity index (χ1v) is 6.85. The van der Waals surface area contributed by atoms with Crippen molar-refractivity contribution in [2.45, 2.75) is 16.0 Å². The van der Waals surface area contributed by atoms with E-state index in [-0.39, 0.29) is 11.8 Å². The average molecular weight is 289 g/mol. The number of nitrogens with zero attached hydrogens (tertiary/aromatic N) is 1. The molecule has 0 saturated carbocycles. The quantitative estimate of drug-likeness (QED) is 0.571. The molecule has 0 bridgehead atoms. The van der Waals surface area contributed by atoms with Crippen LogP contribution in [0.3, 0.4) is 0 Å². The van der Waals surface area contributed by atoms with Gasteiger partial charge in [-0.1, -0.05) is 0 Å². The third-order valence-electron chi connectivity index (χ3n) is 1.54. The summed E-state index contributed by atoms with van der Waals surface area (Å²) >= 11 is 16.5. The van der Waals surface area contributed by atoms with Gasteiger partial charge in [0.25, 0.3) is 0 Å². The number of alkyl halides is 3. The van der Waals surface area contributed by atoms with Crippen molar-refractivity contribution in [3.05, 3.63) is 0 Å². The summed E-state index contributed by atoms with van der Waals surface area (Å²) in [6, 6.07) is 0. The Labute approximate surface area is 93.2 Å². The molecule has 0 N–H and O–H groups in total. The molecule has 0 spiro atoms. The van der Waals surface area contributed by atoms with Crippen LogP contribution in [-0.2, 0) is 4.79 Å². The Bertz CT molecular complexity index is 188. The van der Waals surface area contributed by atoms with Crippen molar-refractivity contribution in [3.63, 3.8) is 0 Å². The van der Waals surface area contributed by atoms with Crippen LogP contribution in [-0.4, -0.2) is 41.0 Å². The summed E-state index contributed by atoms with van der Waals surface area (Å²) in [5, 5.41) is 0. The van der Waals surface area contributed by atoms with Crippen molar-refractivity contribution < 1.29 is 4.79 Å². The normalized spacial score (nSPS) is 18.9. The van der Waals surface area contributed by atoms with Gasteiger partial charge in [0, 0.05) is 0 Å². The van der Waals surface area contributed by atoms with Crippen molar-refractivity contribution in [1.29, 1.82) is 0 Å². The molecule has 1 fully saturated rings. The molecule has 1 aliphatic heterocycles. The number of hydrogen-bond acceptors (Lipinski definition) is 1. The van der Waals surface area contributed by atoms with Crippen molar-refractivity contribution in [1.82, 2.24) is 3.86 Å². The van der Waals surface area contributed by atoms with E-state index in [2.05, 4.69) is 0 Å². The van der Waals surface area contributed by atoms with E-state index in [4.69, 9.17) is 34.8 Å². The monoisotopic (exact) mass is 289 g/mol. The molecule has 2 nitrogen and oxygen atoms in total. The minimum atomic E-state index is -0.873. The van der Waals surface area contributed by atoms with Crippen LogP contribution in [0.2, 0.25) is 0 Å². The van der Waals surface area contributed by atoms with E-state index in [9.17, 15) is 4.79 Å². The van der Waals surface area contributed by atoms with Gasteiger partial charge >= 0.3 is 93.4 Å². The molecule has 1 heterocycles. The fourth-order valence-electron chi connectivity index (χ4n) is 0.994. The summed E-state index contributed by atoms with van der Waals surface area (Å²) in [6.07, 6.45) is 1.56. The van der Waals surface area contributed by atoms with Gasteiger partial charge in [0.05, 0.1) is 0 Å². The molecule has 1 aliphatic rings. The van der Waals surface area contributed by atoms with E-state index in [1.807, 2.05) is 0 Å². The van der Waals surface area contributed by atoms with E-state index >= 15 is 0 Å². The van der Waals surface area contributed by atoms with Crippen molar-refractivity contribution in [3.8, 4) is 0 Å². The van der Waals surface area contributed by atoms with Gasteiger partial charge in [-0.3, -0.25) is 0 Å². The summed E-state index contributed by atoms with van der Waals surface area (Å²) in [5.74, 6) is 0.366. The van der Waals surface area contributed by atoms with Crippen LogP contribution in [0.1, 0.15) is 12.8 Å². The van der Waals surface area contributed by atoms with E-state index in [1.54, 1.807) is 3.86 Å². The number of rotatable bonds is 3. The van der Waals surface area contributed by atoms with Crippen LogP contribution < -0.4 is 0 Å². The molecule has 1 rings (SSSR count). The van der Waals surface area contributed by atoms with Gasteiger partial charge in [-0.2, -0.15) is 0 Å². The van der Waals surface area contributed by atoms with Crippen LogP contribution in [0.25, 0.3) is 0 Å². The number of carbonyl (C=O) groups excluding carboxylic acids is 1. The predicted octanol–water partition coefficient (Wildman–Crippen LogP) is 1.60. The van der Waals surface area contributed by atoms with E-state index < -0.39 is 18.8 Å². The molecule has 1 amide bonds. The van der Waals surface area contributed by atoms with Gasteiger partial charge in [-0.05, 0) is 0 Å². The number of amides is 1. The van der Waals surface area contributed by atoms with Gasteiger partial charge < -0.3 is 0 Å². The Hall–Kier alpha value is 0.883. The molecule has 0 atom stereocenters. The van der Waals surface area contributed by atoms with Crippen molar-refractivity contribution >= 4 is 56.4 Å².